The Morgan fingerprint density at radius 1 is 0.279 bits per heavy atom. The summed E-state index contributed by atoms with van der Waals surface area (Å²) in [4.78, 5) is 95.5. The van der Waals surface area contributed by atoms with Gasteiger partial charge in [0.2, 0.25) is 0 Å². The van der Waals surface area contributed by atoms with E-state index in [1.54, 1.807) is 6.08 Å². The third-order valence-corrected chi connectivity index (χ3v) is 47.1. The van der Waals surface area contributed by atoms with E-state index in [-0.39, 0.29) is 107 Å². The molecule has 19 fully saturated rings. The molecule has 0 aromatic rings. The molecule has 0 saturated heterocycles. The number of Topliss-reactive ketones (excluding diaryl/α,β-unsaturated/α-hetero) is 3. The van der Waals surface area contributed by atoms with Crippen molar-refractivity contribution in [2.75, 3.05) is 0 Å². The van der Waals surface area contributed by atoms with Crippen LogP contribution in [0.25, 0.3) is 0 Å². The van der Waals surface area contributed by atoms with Crippen molar-refractivity contribution in [1.29, 1.82) is 0 Å². The lowest BCUT2D eigenvalue weighted by molar-refractivity contribution is -0.142. The number of hydrogen-bond donors (Lipinski definition) is 7. The molecule has 0 amide bonds. The maximum Gasteiger partial charge on any atom is 0.178 e. The van der Waals surface area contributed by atoms with Crippen molar-refractivity contribution >= 4 is 46.3 Å². The first-order chi connectivity index (χ1) is 60.9. The van der Waals surface area contributed by atoms with E-state index in [0.717, 1.165) is 210 Å². The summed E-state index contributed by atoms with van der Waals surface area (Å²) in [5, 5.41) is 72.7. The van der Waals surface area contributed by atoms with E-state index < -0.39 is 18.3 Å². The van der Waals surface area contributed by atoms with Crippen LogP contribution < -0.4 is 0 Å². The molecular formula is C114H164O15. The van der Waals surface area contributed by atoms with Crippen LogP contribution in [-0.4, -0.2) is 125 Å². The van der Waals surface area contributed by atoms with Gasteiger partial charge in [-0.25, -0.2) is 0 Å². The molecule has 0 aromatic carbocycles. The molecule has 0 bridgehead atoms. The van der Waals surface area contributed by atoms with E-state index in [1.165, 1.54) is 92.1 Å². The van der Waals surface area contributed by atoms with Crippen LogP contribution in [-0.2, 0) is 38.4 Å². The van der Waals surface area contributed by atoms with Gasteiger partial charge in [0.1, 0.15) is 17.7 Å². The maximum absolute atomic E-state index is 12.4. The predicted molar refractivity (Wildman–Crippen MR) is 498 cm³/mol. The lowest BCUT2D eigenvalue weighted by atomic mass is 9.45. The third kappa shape index (κ3) is 14.7. The number of allylic oxidation sites excluding steroid dienone is 8. The fourth-order valence-corrected chi connectivity index (χ4v) is 39.0. The molecular weight excluding hydrogens is 1610 g/mol. The second kappa shape index (κ2) is 33.4. The minimum atomic E-state index is -0.744. The molecule has 0 aliphatic heterocycles. The lowest BCUT2D eigenvalue weighted by Gasteiger charge is -2.60. The average Bonchev–Trinajstić information content (AvgIpc) is 1.57. The van der Waals surface area contributed by atoms with E-state index in [2.05, 4.69) is 89.2 Å². The van der Waals surface area contributed by atoms with Crippen LogP contribution in [0.5, 0.6) is 0 Å². The van der Waals surface area contributed by atoms with Crippen LogP contribution in [0.15, 0.2) is 70.4 Å². The number of fused-ring (bicyclic) bond motifs is 30. The van der Waals surface area contributed by atoms with Gasteiger partial charge in [0.15, 0.2) is 34.7 Å². The zero-order valence-electron chi connectivity index (χ0n) is 81.1. The average molecular weight is 1770 g/mol. The lowest BCUT2D eigenvalue weighted by Crippen LogP contribution is -2.54. The summed E-state index contributed by atoms with van der Waals surface area (Å²) in [5.41, 5.74) is 7.89. The van der Waals surface area contributed by atoms with Crippen molar-refractivity contribution < 1.29 is 74.1 Å². The highest BCUT2D eigenvalue weighted by atomic mass is 16.3. The zero-order valence-corrected chi connectivity index (χ0v) is 81.1. The first-order valence-corrected chi connectivity index (χ1v) is 53.2. The Hall–Kier alpha value is -4.48. The van der Waals surface area contributed by atoms with Gasteiger partial charge in [-0.2, -0.15) is 0 Å². The Bertz CT molecular complexity index is 4680. The summed E-state index contributed by atoms with van der Waals surface area (Å²) in [6.07, 6.45) is 55.5. The molecule has 0 unspecified atom stereocenters. The number of rotatable bonds is 0. The van der Waals surface area contributed by atoms with Gasteiger partial charge in [-0.1, -0.05) is 117 Å². The molecule has 129 heavy (non-hydrogen) atoms. The van der Waals surface area contributed by atoms with Gasteiger partial charge in [-0.3, -0.25) is 38.4 Å². The van der Waals surface area contributed by atoms with Gasteiger partial charge in [-0.05, 0) is 429 Å². The predicted octanol–water partition coefficient (Wildman–Crippen LogP) is 20.5. The maximum atomic E-state index is 12.4. The first-order valence-electron chi connectivity index (χ1n) is 53.2. The quantitative estimate of drug-likeness (QED) is 0.119. The van der Waals surface area contributed by atoms with Gasteiger partial charge < -0.3 is 35.7 Å². The minimum Gasteiger partial charge on any atom is -0.393 e. The zero-order chi connectivity index (χ0) is 91.6. The fourth-order valence-electron chi connectivity index (χ4n) is 39.0. The standard InChI is InChI=1S/2C19H28O3.C19H26O3.C19H30O2.2C19H26O2/c1-18-7-5-12(20)9-11(18)3-4-13-14(18)6-8-19(2)16(22)10-15(21)17(13)19;2*1-18-7-5-12(20)9-11(18)3-4-13-14(18)6-8-19(2)15(13)10-16(21)17(19)22;3*1-18-9-7-13(20)11-12(18)3-4-14-15-5-6-17(21)19(15,2)10-8-16(14)18/h2*9,13-17,21-22H,3-8,10H2,1-2H3;9,13-16,21H,3-8,10H2,1-2H3;12,14-17,21H,3-11H2,1-2H3;11,14-16H,3-10H2,1-2H3;7,9,11,14-17,21H,3-6,8,10H2,1-2H3/t13-,14+,15-,16+,17-,18+,19-;13-,14+,15+,16+,17-,18+,19+;13-,14+,15+,16+,18+,19+;12-,14-,15-,16-,17-,18-,19-;14-,15-,16-,18-,19-;14-,15-,16-,17-,18-,19-/m111000/s1. The molecule has 15 nitrogen and oxygen atoms in total. The van der Waals surface area contributed by atoms with Crippen molar-refractivity contribution in [3.05, 3.63) is 70.4 Å². The molecule has 0 spiro atoms. The number of carbonyl (C=O) groups excluding carboxylic acids is 8. The van der Waals surface area contributed by atoms with Crippen molar-refractivity contribution in [3.63, 3.8) is 0 Å². The Kier molecular flexibility index (Phi) is 24.2. The second-order valence-corrected chi connectivity index (χ2v) is 51.7. The molecule has 7 N–H and O–H groups in total. The molecule has 710 valence electrons. The Morgan fingerprint density at radius 3 is 1.22 bits per heavy atom. The number of aliphatic hydroxyl groups excluding tert-OH is 7. The number of carbonyl (C=O) groups is 8. The SMILES string of the molecule is C[C@]12CCC(=O)C=C1CC[C@@H]1[C@@H]2CC[C@]2(C)C(=O)CC[C@@H]12.C[C@]12CCC(=O)C=C1CC[C@@H]1[C@@H]2CC[C@]2(C)C(=O)[C@@H](O)C[C@@H]12.C[C@]12CCC(=O)C[C@@H]1CC[C@@H]1[C@@H]2CC[C@]2(C)[C@@H](O)CC[C@@H]12.C[C@]12CC[C@H]3[C@@H](CCC4=CC(=O)C=C[C@@]43C)[C@@H]1CC[C@@H]2O.C[C@]12CC[C@H]3[C@@H](CCC4=CC(=O)CC[C@@]43C)[C@@H]1C[C@H](O)[C@H]2O.C[C@]12CC[C@H]3[C@@H](CCC4=CC(=O)CC[C@@]43C)[C@@H]1[C@H](O)C[C@@H]2O. The van der Waals surface area contributed by atoms with Gasteiger partial charge in [-0.15, -0.1) is 0 Å². The van der Waals surface area contributed by atoms with E-state index in [0.29, 0.717) is 149 Å². The van der Waals surface area contributed by atoms with Gasteiger partial charge in [0, 0.05) is 67.6 Å². The van der Waals surface area contributed by atoms with E-state index >= 15 is 0 Å². The highest BCUT2D eigenvalue weighted by Gasteiger charge is 2.68. The number of aliphatic hydroxyl groups is 7. The largest absolute Gasteiger partial charge is 0.393 e. The molecule has 24 aliphatic carbocycles. The van der Waals surface area contributed by atoms with E-state index in [1.807, 2.05) is 30.4 Å². The van der Waals surface area contributed by atoms with Gasteiger partial charge >= 0.3 is 0 Å². The molecule has 24 aliphatic rings. The fraction of sp³-hybridized carbons (Fsp3) is 0.825. The van der Waals surface area contributed by atoms with Crippen LogP contribution >= 0.6 is 0 Å². The molecule has 0 heterocycles. The Labute approximate surface area is 772 Å². The molecule has 0 aromatic heterocycles. The third-order valence-electron chi connectivity index (χ3n) is 47.1. The topological polar surface area (TPSA) is 278 Å². The summed E-state index contributed by atoms with van der Waals surface area (Å²) in [6, 6.07) is 0. The van der Waals surface area contributed by atoms with E-state index in [9.17, 15) is 74.1 Å². The summed E-state index contributed by atoms with van der Waals surface area (Å²) in [5.74, 6) is 14.0. The second-order valence-electron chi connectivity index (χ2n) is 51.7. The summed E-state index contributed by atoms with van der Waals surface area (Å²) in [6.45, 7) is 27.7. The van der Waals surface area contributed by atoms with Crippen molar-refractivity contribution in [1.82, 2.24) is 0 Å². The van der Waals surface area contributed by atoms with Crippen molar-refractivity contribution in [2.45, 2.75) is 408 Å². The van der Waals surface area contributed by atoms with Gasteiger partial charge in [0.05, 0.1) is 36.6 Å². The summed E-state index contributed by atoms with van der Waals surface area (Å²) >= 11 is 0. The summed E-state index contributed by atoms with van der Waals surface area (Å²) < 4.78 is 0. The molecule has 38 atom stereocenters. The van der Waals surface area contributed by atoms with Crippen LogP contribution in [0, 0.1) is 177 Å². The minimum absolute atomic E-state index is 0.0246. The summed E-state index contributed by atoms with van der Waals surface area (Å²) in [7, 11) is 0. The monoisotopic (exact) mass is 1770 g/mol. The van der Waals surface area contributed by atoms with Crippen LogP contribution in [0.3, 0.4) is 0 Å². The molecule has 19 saturated carbocycles. The van der Waals surface area contributed by atoms with Crippen LogP contribution in [0.4, 0.5) is 0 Å². The van der Waals surface area contributed by atoms with Crippen molar-refractivity contribution in [3.8, 4) is 0 Å². The molecule has 24 rings (SSSR count). The van der Waals surface area contributed by atoms with Crippen molar-refractivity contribution in [2.24, 2.45) is 177 Å². The van der Waals surface area contributed by atoms with Crippen LogP contribution in [0.1, 0.15) is 366 Å². The van der Waals surface area contributed by atoms with Gasteiger partial charge in [0.25, 0.3) is 0 Å². The van der Waals surface area contributed by atoms with Crippen LogP contribution in [0.2, 0.25) is 0 Å². The Morgan fingerprint density at radius 2 is 0.690 bits per heavy atom. The molecule has 0 radical (unpaired) electrons. The normalized spacial score (nSPS) is 52.9. The van der Waals surface area contributed by atoms with E-state index in [4.69, 9.17) is 0 Å². The number of hydrogen-bond acceptors (Lipinski definition) is 15. The Balaban J connectivity index is 0.000000101. The molecule has 15 heteroatoms. The highest BCUT2D eigenvalue weighted by Crippen LogP contribution is 2.73. The number of ketones is 8. The highest BCUT2D eigenvalue weighted by molar-refractivity contribution is 6.01. The smallest absolute Gasteiger partial charge is 0.178 e. The first kappa shape index (κ1) is 93.5.